The molecular formula is C34H42N8O3. The summed E-state index contributed by atoms with van der Waals surface area (Å²) in [5.41, 5.74) is 1.69. The van der Waals surface area contributed by atoms with Crippen LogP contribution in [0, 0.1) is 0 Å². The lowest BCUT2D eigenvalue weighted by molar-refractivity contribution is 0.220. The fourth-order valence-electron chi connectivity index (χ4n) is 5.54. The highest BCUT2D eigenvalue weighted by molar-refractivity contribution is 5.55. The van der Waals surface area contributed by atoms with Crippen LogP contribution in [0.3, 0.4) is 0 Å². The van der Waals surface area contributed by atoms with Crippen LogP contribution in [-0.2, 0) is 12.8 Å². The molecule has 45 heavy (non-hydrogen) atoms. The van der Waals surface area contributed by atoms with E-state index in [1.54, 1.807) is 12.4 Å². The normalized spacial score (nSPS) is 16.6. The van der Waals surface area contributed by atoms with Crippen molar-refractivity contribution in [1.82, 2.24) is 30.6 Å². The number of hydrogen-bond acceptors (Lipinski definition) is 11. The zero-order chi connectivity index (χ0) is 30.8. The highest BCUT2D eigenvalue weighted by atomic mass is 16.5. The Morgan fingerprint density at radius 3 is 1.42 bits per heavy atom. The van der Waals surface area contributed by atoms with Gasteiger partial charge in [-0.05, 0) is 38.1 Å². The summed E-state index contributed by atoms with van der Waals surface area (Å²) in [5.74, 6) is 3.95. The van der Waals surface area contributed by atoms with Crippen molar-refractivity contribution >= 4 is 11.6 Å². The fraction of sp³-hybridized carbons (Fsp3) is 0.412. The van der Waals surface area contributed by atoms with Gasteiger partial charge in [0.2, 0.25) is 0 Å². The van der Waals surface area contributed by atoms with Crippen LogP contribution < -0.4 is 34.6 Å². The van der Waals surface area contributed by atoms with E-state index in [2.05, 4.69) is 20.4 Å². The van der Waals surface area contributed by atoms with Crippen molar-refractivity contribution in [2.45, 2.75) is 38.9 Å². The Morgan fingerprint density at radius 2 is 1.02 bits per heavy atom. The molecule has 11 heteroatoms. The third-order valence-electron chi connectivity index (χ3n) is 7.72. The summed E-state index contributed by atoms with van der Waals surface area (Å²) in [6.07, 6.45) is 4.64. The Bertz CT molecular complexity index is 1390. The Labute approximate surface area is 265 Å². The number of nitrogens with one attached hydrogen (secondary N) is 2. The molecule has 2 aromatic heterocycles. The zero-order valence-corrected chi connectivity index (χ0v) is 26.1. The van der Waals surface area contributed by atoms with E-state index in [-0.39, 0.29) is 12.2 Å². The molecule has 11 nitrogen and oxygen atoms in total. The summed E-state index contributed by atoms with van der Waals surface area (Å²) >= 11 is 0. The van der Waals surface area contributed by atoms with Crippen LogP contribution in [0.5, 0.6) is 23.3 Å². The number of aromatic nitrogens is 4. The van der Waals surface area contributed by atoms with Gasteiger partial charge in [0, 0.05) is 65.2 Å². The number of ether oxygens (including phenoxy) is 3. The molecule has 2 unspecified atom stereocenters. The molecular weight excluding hydrogens is 568 g/mol. The van der Waals surface area contributed by atoms with Crippen LogP contribution in [0.25, 0.3) is 0 Å². The highest BCUT2D eigenvalue weighted by Crippen LogP contribution is 2.33. The molecule has 0 aliphatic carbocycles. The van der Waals surface area contributed by atoms with Gasteiger partial charge >= 0.3 is 0 Å². The molecule has 236 valence electrons. The number of anilines is 2. The van der Waals surface area contributed by atoms with Crippen molar-refractivity contribution < 1.29 is 14.2 Å². The third kappa shape index (κ3) is 8.37. The van der Waals surface area contributed by atoms with E-state index in [1.165, 1.54) is 0 Å². The van der Waals surface area contributed by atoms with E-state index in [0.717, 1.165) is 75.2 Å². The van der Waals surface area contributed by atoms with E-state index in [4.69, 9.17) is 34.1 Å². The SMILES string of the molecule is CC(Cc1cnc(Oc2ncc(CC(C)Oc3ccccc3)nc2N2CCNCC2)c(N2CCNCC2)n1)Oc1ccccc1. The molecule has 2 saturated heterocycles. The molecule has 2 aromatic carbocycles. The van der Waals surface area contributed by atoms with Gasteiger partial charge in [-0.25, -0.2) is 19.9 Å². The van der Waals surface area contributed by atoms with Gasteiger partial charge in [0.05, 0.1) is 23.8 Å². The second kappa shape index (κ2) is 15.0. The summed E-state index contributed by atoms with van der Waals surface area (Å²) in [4.78, 5) is 24.1. The maximum Gasteiger partial charge on any atom is 0.264 e. The maximum absolute atomic E-state index is 6.52. The average molecular weight is 611 g/mol. The summed E-state index contributed by atoms with van der Waals surface area (Å²) in [5, 5.41) is 6.84. The van der Waals surface area contributed by atoms with Crippen LogP contribution in [0.4, 0.5) is 11.6 Å². The number of hydrogen-bond donors (Lipinski definition) is 2. The number of nitrogens with zero attached hydrogens (tertiary/aromatic N) is 6. The molecule has 0 bridgehead atoms. The molecule has 6 rings (SSSR count). The van der Waals surface area contributed by atoms with E-state index >= 15 is 0 Å². The van der Waals surface area contributed by atoms with Crippen molar-refractivity contribution in [2.24, 2.45) is 0 Å². The van der Waals surface area contributed by atoms with Crippen molar-refractivity contribution in [3.05, 3.63) is 84.4 Å². The fourth-order valence-corrected chi connectivity index (χ4v) is 5.54. The standard InChI is InChI=1S/C34H42N8O3/c1-25(43-29-9-5-3-6-10-29)21-27-23-37-33(31(39-27)41-17-13-35-14-18-41)45-34-32(42-19-15-36-16-20-42)40-28(24-38-34)22-26(2)44-30-11-7-4-8-12-30/h3-12,23-26,35-36H,13-22H2,1-2H3. The molecule has 2 N–H and O–H groups in total. The van der Waals surface area contributed by atoms with Crippen LogP contribution >= 0.6 is 0 Å². The summed E-state index contributed by atoms with van der Waals surface area (Å²) in [6, 6.07) is 19.7. The van der Waals surface area contributed by atoms with E-state index < -0.39 is 0 Å². The molecule has 4 heterocycles. The zero-order valence-electron chi connectivity index (χ0n) is 26.1. The molecule has 2 fully saturated rings. The Morgan fingerprint density at radius 1 is 0.622 bits per heavy atom. The third-order valence-corrected chi connectivity index (χ3v) is 7.72. The molecule has 0 amide bonds. The number of piperazine rings is 2. The van der Waals surface area contributed by atoms with Gasteiger partial charge < -0.3 is 34.6 Å². The molecule has 0 spiro atoms. The lowest BCUT2D eigenvalue weighted by atomic mass is 10.2. The maximum atomic E-state index is 6.52. The largest absolute Gasteiger partial charge is 0.490 e. The van der Waals surface area contributed by atoms with Crippen molar-refractivity contribution in [2.75, 3.05) is 62.2 Å². The minimum absolute atomic E-state index is 0.0738. The molecule has 2 aliphatic heterocycles. The van der Waals surface area contributed by atoms with Crippen molar-refractivity contribution in [1.29, 1.82) is 0 Å². The van der Waals surface area contributed by atoms with Gasteiger partial charge in [0.15, 0.2) is 11.6 Å². The predicted octanol–water partition coefficient (Wildman–Crippen LogP) is 3.90. The smallest absolute Gasteiger partial charge is 0.264 e. The molecule has 2 atom stereocenters. The Kier molecular flexibility index (Phi) is 10.2. The monoisotopic (exact) mass is 610 g/mol. The van der Waals surface area contributed by atoms with Crippen LogP contribution in [0.2, 0.25) is 0 Å². The second-order valence-corrected chi connectivity index (χ2v) is 11.4. The molecule has 0 radical (unpaired) electrons. The van der Waals surface area contributed by atoms with Crippen LogP contribution in [0.15, 0.2) is 73.1 Å². The predicted molar refractivity (Wildman–Crippen MR) is 175 cm³/mol. The van der Waals surface area contributed by atoms with Gasteiger partial charge in [0.1, 0.15) is 23.7 Å². The lowest BCUT2D eigenvalue weighted by Gasteiger charge is -2.31. The minimum Gasteiger partial charge on any atom is -0.490 e. The number of para-hydroxylation sites is 2. The van der Waals surface area contributed by atoms with E-state index in [9.17, 15) is 0 Å². The van der Waals surface area contributed by atoms with Crippen molar-refractivity contribution in [3.63, 3.8) is 0 Å². The Hall–Kier alpha value is -4.48. The summed E-state index contributed by atoms with van der Waals surface area (Å²) in [6.45, 7) is 10.8. The summed E-state index contributed by atoms with van der Waals surface area (Å²) in [7, 11) is 0. The number of benzene rings is 2. The quantitative estimate of drug-likeness (QED) is 0.244. The van der Waals surface area contributed by atoms with Crippen molar-refractivity contribution in [3.8, 4) is 23.3 Å². The molecule has 0 saturated carbocycles. The van der Waals surface area contributed by atoms with Gasteiger partial charge in [-0.2, -0.15) is 0 Å². The average Bonchev–Trinajstić information content (AvgIpc) is 3.07. The minimum atomic E-state index is -0.0738. The first kappa shape index (κ1) is 30.5. The van der Waals surface area contributed by atoms with E-state index in [1.807, 2.05) is 74.5 Å². The first-order valence-corrected chi connectivity index (χ1v) is 15.8. The van der Waals surface area contributed by atoms with Crippen LogP contribution in [0.1, 0.15) is 25.2 Å². The van der Waals surface area contributed by atoms with Crippen LogP contribution in [-0.4, -0.2) is 84.5 Å². The number of rotatable bonds is 12. The highest BCUT2D eigenvalue weighted by Gasteiger charge is 2.25. The van der Waals surface area contributed by atoms with Gasteiger partial charge in [-0.3, -0.25) is 0 Å². The van der Waals surface area contributed by atoms with Gasteiger partial charge in [0.25, 0.3) is 11.8 Å². The molecule has 2 aliphatic rings. The van der Waals surface area contributed by atoms with Gasteiger partial charge in [-0.15, -0.1) is 0 Å². The second-order valence-electron chi connectivity index (χ2n) is 11.4. The van der Waals surface area contributed by atoms with Gasteiger partial charge in [-0.1, -0.05) is 36.4 Å². The molecule has 4 aromatic rings. The lowest BCUT2D eigenvalue weighted by Crippen LogP contribution is -2.44. The first-order valence-electron chi connectivity index (χ1n) is 15.8. The first-order chi connectivity index (χ1) is 22.1. The van der Waals surface area contributed by atoms with E-state index in [0.29, 0.717) is 36.2 Å². The Balaban J connectivity index is 1.24. The summed E-state index contributed by atoms with van der Waals surface area (Å²) < 4.78 is 18.8. The topological polar surface area (TPSA) is 110 Å².